The molecule has 0 aromatic carbocycles. The van der Waals surface area contributed by atoms with Crippen molar-refractivity contribution in [2.24, 2.45) is 13.0 Å². The Morgan fingerprint density at radius 2 is 1.91 bits per heavy atom. The van der Waals surface area contributed by atoms with Crippen LogP contribution in [0.1, 0.15) is 32.4 Å². The Kier molecular flexibility index (Phi) is 4.50. The third-order valence-corrected chi connectivity index (χ3v) is 4.99. The highest BCUT2D eigenvalue weighted by molar-refractivity contribution is 5.89. The molecular weight excluding hydrogens is 290 g/mol. The summed E-state index contributed by atoms with van der Waals surface area (Å²) in [5.74, 6) is 1.65. The Morgan fingerprint density at radius 3 is 2.61 bits per heavy atom. The van der Waals surface area contributed by atoms with E-state index in [-0.39, 0.29) is 0 Å². The van der Waals surface area contributed by atoms with E-state index in [4.69, 9.17) is 0 Å². The normalized spacial score (nSPS) is 24.5. The third kappa shape index (κ3) is 3.03. The van der Waals surface area contributed by atoms with Gasteiger partial charge in [0.2, 0.25) is 0 Å². The van der Waals surface area contributed by atoms with Crippen molar-refractivity contribution < 1.29 is 0 Å². The van der Waals surface area contributed by atoms with Gasteiger partial charge in [-0.05, 0) is 39.5 Å². The number of hydrazine groups is 1. The zero-order valence-corrected chi connectivity index (χ0v) is 14.7. The maximum atomic E-state index is 4.50. The van der Waals surface area contributed by atoms with Gasteiger partial charge in [-0.25, -0.2) is 9.97 Å². The molecule has 2 N–H and O–H groups in total. The van der Waals surface area contributed by atoms with Crippen molar-refractivity contribution in [3.63, 3.8) is 0 Å². The SMILES string of the molecule is Cc1nn(C)c2ncnc(N(C)CCCC3C(C)NNC3C)c12. The maximum absolute atomic E-state index is 4.50. The van der Waals surface area contributed by atoms with Crippen LogP contribution in [0.5, 0.6) is 0 Å². The van der Waals surface area contributed by atoms with Gasteiger partial charge in [0, 0.05) is 32.7 Å². The highest BCUT2D eigenvalue weighted by Gasteiger charge is 2.29. The van der Waals surface area contributed by atoms with E-state index in [2.05, 4.69) is 51.7 Å². The van der Waals surface area contributed by atoms with E-state index in [1.54, 1.807) is 6.33 Å². The monoisotopic (exact) mass is 317 g/mol. The molecule has 23 heavy (non-hydrogen) atoms. The summed E-state index contributed by atoms with van der Waals surface area (Å²) in [6.07, 6.45) is 3.97. The summed E-state index contributed by atoms with van der Waals surface area (Å²) < 4.78 is 1.82. The maximum Gasteiger partial charge on any atom is 0.163 e. The summed E-state index contributed by atoms with van der Waals surface area (Å²) in [4.78, 5) is 11.1. The Morgan fingerprint density at radius 1 is 1.22 bits per heavy atom. The zero-order valence-electron chi connectivity index (χ0n) is 14.7. The first-order chi connectivity index (χ1) is 11.0. The lowest BCUT2D eigenvalue weighted by molar-refractivity contribution is 0.403. The van der Waals surface area contributed by atoms with Gasteiger partial charge in [-0.15, -0.1) is 0 Å². The van der Waals surface area contributed by atoms with Crippen LogP contribution in [0.25, 0.3) is 11.0 Å². The second-order valence-corrected chi connectivity index (χ2v) is 6.70. The average molecular weight is 317 g/mol. The molecule has 1 saturated heterocycles. The van der Waals surface area contributed by atoms with E-state index in [9.17, 15) is 0 Å². The van der Waals surface area contributed by atoms with E-state index >= 15 is 0 Å². The molecule has 0 spiro atoms. The zero-order chi connectivity index (χ0) is 16.6. The molecule has 7 nitrogen and oxygen atoms in total. The van der Waals surface area contributed by atoms with Gasteiger partial charge in [0.05, 0.1) is 11.1 Å². The van der Waals surface area contributed by atoms with Crippen molar-refractivity contribution in [1.29, 1.82) is 0 Å². The van der Waals surface area contributed by atoms with Gasteiger partial charge in [0.25, 0.3) is 0 Å². The summed E-state index contributed by atoms with van der Waals surface area (Å²) in [6.45, 7) is 7.49. The Balaban J connectivity index is 1.68. The number of aromatic nitrogens is 4. The predicted molar refractivity (Wildman–Crippen MR) is 92.2 cm³/mol. The quantitative estimate of drug-likeness (QED) is 0.868. The minimum absolute atomic E-state index is 0.529. The molecule has 2 unspecified atom stereocenters. The Bertz CT molecular complexity index is 670. The molecule has 2 atom stereocenters. The van der Waals surface area contributed by atoms with Gasteiger partial charge < -0.3 is 4.90 Å². The second kappa shape index (κ2) is 6.41. The van der Waals surface area contributed by atoms with E-state index in [1.807, 2.05) is 18.7 Å². The number of fused-ring (bicyclic) bond motifs is 1. The molecule has 1 fully saturated rings. The van der Waals surface area contributed by atoms with Crippen LogP contribution in [-0.4, -0.2) is 45.4 Å². The molecule has 0 amide bonds. The minimum atomic E-state index is 0.529. The molecule has 126 valence electrons. The molecule has 0 aliphatic carbocycles. The Labute approximate surface area is 137 Å². The van der Waals surface area contributed by atoms with Crippen LogP contribution in [0, 0.1) is 12.8 Å². The predicted octanol–water partition coefficient (Wildman–Crippen LogP) is 1.39. The molecule has 1 aliphatic heterocycles. The average Bonchev–Trinajstić information content (AvgIpc) is 3.00. The molecule has 1 aliphatic rings. The fraction of sp³-hybridized carbons (Fsp3) is 0.688. The minimum Gasteiger partial charge on any atom is -0.359 e. The fourth-order valence-electron chi connectivity index (χ4n) is 3.63. The van der Waals surface area contributed by atoms with Gasteiger partial charge in [-0.1, -0.05) is 0 Å². The van der Waals surface area contributed by atoms with Gasteiger partial charge in [-0.3, -0.25) is 15.5 Å². The number of nitrogens with zero attached hydrogens (tertiary/aromatic N) is 5. The lowest BCUT2D eigenvalue weighted by atomic mass is 9.91. The largest absolute Gasteiger partial charge is 0.359 e. The molecule has 0 radical (unpaired) electrons. The topological polar surface area (TPSA) is 70.9 Å². The van der Waals surface area contributed by atoms with Crippen LogP contribution < -0.4 is 15.8 Å². The molecule has 2 aromatic heterocycles. The van der Waals surface area contributed by atoms with Crippen molar-refractivity contribution in [2.75, 3.05) is 18.5 Å². The second-order valence-electron chi connectivity index (χ2n) is 6.70. The van der Waals surface area contributed by atoms with Crippen LogP contribution >= 0.6 is 0 Å². The Hall–Kier alpha value is -1.73. The third-order valence-electron chi connectivity index (χ3n) is 4.99. The van der Waals surface area contributed by atoms with E-state index in [0.29, 0.717) is 18.0 Å². The van der Waals surface area contributed by atoms with Crippen molar-refractivity contribution in [2.45, 2.75) is 45.7 Å². The number of hydrogen-bond acceptors (Lipinski definition) is 6. The number of nitrogens with one attached hydrogen (secondary N) is 2. The number of rotatable bonds is 5. The number of aryl methyl sites for hydroxylation is 2. The summed E-state index contributed by atoms with van der Waals surface area (Å²) in [6, 6.07) is 1.06. The molecule has 7 heteroatoms. The first-order valence-corrected chi connectivity index (χ1v) is 8.35. The van der Waals surface area contributed by atoms with Crippen LogP contribution in [0.15, 0.2) is 6.33 Å². The smallest absolute Gasteiger partial charge is 0.163 e. The lowest BCUT2D eigenvalue weighted by Gasteiger charge is -2.22. The first-order valence-electron chi connectivity index (χ1n) is 8.35. The highest BCUT2D eigenvalue weighted by atomic mass is 15.4. The van der Waals surface area contributed by atoms with Crippen molar-refractivity contribution in [3.05, 3.63) is 12.0 Å². The molecule has 0 saturated carbocycles. The van der Waals surface area contributed by atoms with E-state index in [0.717, 1.165) is 35.5 Å². The standard InChI is InChI=1S/C16H27N7/c1-10-13(11(2)20-19-10)7-6-8-22(4)15-14-12(3)21-23(5)16(14)18-9-17-15/h9-11,13,19-20H,6-8H2,1-5H3. The fourth-order valence-corrected chi connectivity index (χ4v) is 3.63. The summed E-state index contributed by atoms with van der Waals surface area (Å²) in [7, 11) is 4.03. The molecule has 3 heterocycles. The van der Waals surface area contributed by atoms with E-state index in [1.165, 1.54) is 6.42 Å². The van der Waals surface area contributed by atoms with Crippen LogP contribution in [0.3, 0.4) is 0 Å². The summed E-state index contributed by atoms with van der Waals surface area (Å²) >= 11 is 0. The van der Waals surface area contributed by atoms with Crippen LogP contribution in [0.2, 0.25) is 0 Å². The van der Waals surface area contributed by atoms with Crippen molar-refractivity contribution in [3.8, 4) is 0 Å². The van der Waals surface area contributed by atoms with Crippen molar-refractivity contribution in [1.82, 2.24) is 30.6 Å². The van der Waals surface area contributed by atoms with Gasteiger partial charge >= 0.3 is 0 Å². The van der Waals surface area contributed by atoms with Crippen molar-refractivity contribution >= 4 is 16.9 Å². The van der Waals surface area contributed by atoms with Crippen LogP contribution in [0.4, 0.5) is 5.82 Å². The van der Waals surface area contributed by atoms with Gasteiger partial charge in [0.15, 0.2) is 5.65 Å². The highest BCUT2D eigenvalue weighted by Crippen LogP contribution is 2.26. The lowest BCUT2D eigenvalue weighted by Crippen LogP contribution is -2.30. The molecule has 3 rings (SSSR count). The van der Waals surface area contributed by atoms with Crippen LogP contribution in [-0.2, 0) is 7.05 Å². The van der Waals surface area contributed by atoms with E-state index < -0.39 is 0 Å². The number of hydrogen-bond donors (Lipinski definition) is 2. The molecule has 2 aromatic rings. The summed E-state index contributed by atoms with van der Waals surface area (Å²) in [5, 5.41) is 5.53. The molecular formula is C16H27N7. The first kappa shape index (κ1) is 16.1. The van der Waals surface area contributed by atoms with Gasteiger partial charge in [-0.2, -0.15) is 5.10 Å². The van der Waals surface area contributed by atoms with Gasteiger partial charge in [0.1, 0.15) is 12.1 Å². The number of anilines is 1. The molecule has 0 bridgehead atoms. The summed E-state index contributed by atoms with van der Waals surface area (Å²) in [5.41, 5.74) is 8.53.